The number of nitrogens with two attached hydrogens (primary N) is 1. The molecule has 1 unspecified atom stereocenters. The predicted octanol–water partition coefficient (Wildman–Crippen LogP) is 1.22. The van der Waals surface area contributed by atoms with Crippen LogP contribution in [-0.4, -0.2) is 45.7 Å². The van der Waals surface area contributed by atoms with E-state index in [0.29, 0.717) is 11.4 Å². The highest BCUT2D eigenvalue weighted by molar-refractivity contribution is 7.98. The van der Waals surface area contributed by atoms with Crippen LogP contribution in [0.4, 0.5) is 5.69 Å². The summed E-state index contributed by atoms with van der Waals surface area (Å²) in [6, 6.07) is 0.229. The number of aromatic nitrogens is 2. The first-order valence-corrected chi connectivity index (χ1v) is 6.95. The zero-order valence-electron chi connectivity index (χ0n) is 10.8. The summed E-state index contributed by atoms with van der Waals surface area (Å²) in [7, 11) is 3.55. The van der Waals surface area contributed by atoms with E-state index in [1.165, 1.54) is 10.9 Å². The molecule has 1 aromatic heterocycles. The maximum atomic E-state index is 12.3. The van der Waals surface area contributed by atoms with E-state index in [9.17, 15) is 4.79 Å². The molecule has 0 radical (unpaired) electrons. The van der Waals surface area contributed by atoms with Gasteiger partial charge >= 0.3 is 0 Å². The van der Waals surface area contributed by atoms with E-state index in [4.69, 9.17) is 5.73 Å². The largest absolute Gasteiger partial charge is 0.396 e. The van der Waals surface area contributed by atoms with E-state index in [-0.39, 0.29) is 11.9 Å². The molecule has 96 valence electrons. The topological polar surface area (TPSA) is 64.2 Å². The molecule has 17 heavy (non-hydrogen) atoms. The van der Waals surface area contributed by atoms with Gasteiger partial charge in [-0.05, 0) is 12.7 Å². The standard InChI is InChI=1S/C11H20N4OS/c1-5-8(7-17-4)14(2)11(16)10-9(12)6-13-15(10)3/h6,8H,5,7,12H2,1-4H3. The number of anilines is 1. The van der Waals surface area contributed by atoms with Crippen LogP contribution in [0.1, 0.15) is 23.8 Å². The Balaban J connectivity index is 2.89. The van der Waals surface area contributed by atoms with Gasteiger partial charge in [0.05, 0.1) is 11.9 Å². The Hall–Kier alpha value is -1.17. The molecule has 1 amide bonds. The van der Waals surface area contributed by atoms with Gasteiger partial charge in [0.1, 0.15) is 5.69 Å². The van der Waals surface area contributed by atoms with Gasteiger partial charge < -0.3 is 10.6 Å². The normalized spacial score (nSPS) is 12.5. The van der Waals surface area contributed by atoms with Gasteiger partial charge in [-0.2, -0.15) is 16.9 Å². The number of carbonyl (C=O) groups is 1. The smallest absolute Gasteiger partial charge is 0.274 e. The first-order chi connectivity index (χ1) is 8.02. The maximum absolute atomic E-state index is 12.3. The van der Waals surface area contributed by atoms with Gasteiger partial charge in [0.25, 0.3) is 5.91 Å². The molecular weight excluding hydrogens is 236 g/mol. The Morgan fingerprint density at radius 1 is 1.71 bits per heavy atom. The minimum atomic E-state index is -0.0663. The van der Waals surface area contributed by atoms with Gasteiger partial charge in [0.15, 0.2) is 0 Å². The van der Waals surface area contributed by atoms with Crippen molar-refractivity contribution in [3.63, 3.8) is 0 Å². The van der Waals surface area contributed by atoms with Gasteiger partial charge in [-0.1, -0.05) is 6.92 Å². The lowest BCUT2D eigenvalue weighted by Crippen LogP contribution is -2.39. The zero-order valence-corrected chi connectivity index (χ0v) is 11.6. The zero-order chi connectivity index (χ0) is 13.0. The van der Waals surface area contributed by atoms with Gasteiger partial charge in [-0.15, -0.1) is 0 Å². The van der Waals surface area contributed by atoms with E-state index >= 15 is 0 Å². The van der Waals surface area contributed by atoms with Gasteiger partial charge in [0.2, 0.25) is 0 Å². The van der Waals surface area contributed by atoms with Crippen molar-refractivity contribution in [1.29, 1.82) is 0 Å². The SMILES string of the molecule is CCC(CSC)N(C)C(=O)c1c(N)cnn1C. The Labute approximate surface area is 106 Å². The summed E-state index contributed by atoms with van der Waals surface area (Å²) in [5.74, 6) is 0.861. The molecule has 0 spiro atoms. The van der Waals surface area contributed by atoms with Crippen LogP contribution in [0.15, 0.2) is 6.20 Å². The van der Waals surface area contributed by atoms with Crippen molar-refractivity contribution in [1.82, 2.24) is 14.7 Å². The Morgan fingerprint density at radius 3 is 2.76 bits per heavy atom. The number of thioether (sulfide) groups is 1. The number of hydrogen-bond acceptors (Lipinski definition) is 4. The maximum Gasteiger partial charge on any atom is 0.274 e. The summed E-state index contributed by atoms with van der Waals surface area (Å²) in [5.41, 5.74) is 6.66. The third kappa shape index (κ3) is 2.94. The molecule has 0 bridgehead atoms. The Bertz CT molecular complexity index is 371. The van der Waals surface area contributed by atoms with E-state index in [2.05, 4.69) is 12.0 Å². The summed E-state index contributed by atoms with van der Waals surface area (Å²) in [6.07, 6.45) is 4.48. The number of nitrogens with zero attached hydrogens (tertiary/aromatic N) is 3. The number of hydrogen-bond donors (Lipinski definition) is 1. The molecule has 1 atom stereocenters. The first kappa shape index (κ1) is 13.9. The molecule has 0 fully saturated rings. The lowest BCUT2D eigenvalue weighted by atomic mass is 10.2. The molecule has 1 heterocycles. The van der Waals surface area contributed by atoms with Gasteiger partial charge in [-0.3, -0.25) is 9.48 Å². The van der Waals surface area contributed by atoms with Crippen LogP contribution in [0.2, 0.25) is 0 Å². The average Bonchev–Trinajstić information content (AvgIpc) is 2.64. The fourth-order valence-corrected chi connectivity index (χ4v) is 2.59. The van der Waals surface area contributed by atoms with Crippen molar-refractivity contribution >= 4 is 23.4 Å². The van der Waals surface area contributed by atoms with E-state index in [0.717, 1.165) is 12.2 Å². The summed E-state index contributed by atoms with van der Waals surface area (Å²) in [5, 5.41) is 3.99. The molecule has 1 rings (SSSR count). The predicted molar refractivity (Wildman–Crippen MR) is 72.2 cm³/mol. The van der Waals surface area contributed by atoms with Crippen LogP contribution in [0.3, 0.4) is 0 Å². The fraction of sp³-hybridized carbons (Fsp3) is 0.636. The van der Waals surface area contributed by atoms with Gasteiger partial charge in [0, 0.05) is 25.9 Å². The van der Waals surface area contributed by atoms with E-state index in [1.54, 1.807) is 23.7 Å². The molecule has 0 aromatic carbocycles. The summed E-state index contributed by atoms with van der Waals surface area (Å²) in [6.45, 7) is 2.08. The van der Waals surface area contributed by atoms with Gasteiger partial charge in [-0.25, -0.2) is 0 Å². The molecule has 1 aromatic rings. The highest BCUT2D eigenvalue weighted by Crippen LogP contribution is 2.16. The fourth-order valence-electron chi connectivity index (χ4n) is 1.75. The molecule has 0 aliphatic rings. The number of rotatable bonds is 5. The van der Waals surface area contributed by atoms with Crippen LogP contribution in [-0.2, 0) is 7.05 Å². The molecule has 0 saturated carbocycles. The minimum absolute atomic E-state index is 0.0663. The van der Waals surface area contributed by atoms with Crippen LogP contribution in [0.5, 0.6) is 0 Å². The third-order valence-corrected chi connectivity index (χ3v) is 3.59. The number of aryl methyl sites for hydroxylation is 1. The lowest BCUT2D eigenvalue weighted by molar-refractivity contribution is 0.0733. The highest BCUT2D eigenvalue weighted by atomic mass is 32.2. The van der Waals surface area contributed by atoms with Crippen molar-refractivity contribution in [2.24, 2.45) is 7.05 Å². The third-order valence-electron chi connectivity index (χ3n) is 2.87. The second-order valence-corrected chi connectivity index (χ2v) is 4.92. The average molecular weight is 256 g/mol. The van der Waals surface area contributed by atoms with Crippen molar-refractivity contribution < 1.29 is 4.79 Å². The van der Waals surface area contributed by atoms with E-state index in [1.807, 2.05) is 13.3 Å². The molecule has 2 N–H and O–H groups in total. The van der Waals surface area contributed by atoms with Crippen molar-refractivity contribution in [2.45, 2.75) is 19.4 Å². The van der Waals surface area contributed by atoms with E-state index < -0.39 is 0 Å². The minimum Gasteiger partial charge on any atom is -0.396 e. The number of amides is 1. The van der Waals surface area contributed by atoms with Crippen LogP contribution < -0.4 is 5.73 Å². The molecule has 6 heteroatoms. The summed E-state index contributed by atoms with van der Waals surface area (Å²) in [4.78, 5) is 14.1. The van der Waals surface area contributed by atoms with Crippen LogP contribution >= 0.6 is 11.8 Å². The Kier molecular flexibility index (Phi) is 4.86. The molecule has 0 aliphatic carbocycles. The second kappa shape index (κ2) is 5.95. The number of nitrogen functional groups attached to an aromatic ring is 1. The van der Waals surface area contributed by atoms with Crippen molar-refractivity contribution in [3.8, 4) is 0 Å². The quantitative estimate of drug-likeness (QED) is 0.860. The molecular formula is C11H20N4OS. The Morgan fingerprint density at radius 2 is 2.35 bits per heavy atom. The van der Waals surface area contributed by atoms with Crippen molar-refractivity contribution in [3.05, 3.63) is 11.9 Å². The van der Waals surface area contributed by atoms with Crippen LogP contribution in [0.25, 0.3) is 0 Å². The summed E-state index contributed by atoms with van der Waals surface area (Å²) >= 11 is 1.74. The second-order valence-electron chi connectivity index (χ2n) is 4.01. The highest BCUT2D eigenvalue weighted by Gasteiger charge is 2.23. The number of carbonyl (C=O) groups excluding carboxylic acids is 1. The molecule has 0 aliphatic heterocycles. The lowest BCUT2D eigenvalue weighted by Gasteiger charge is -2.26. The summed E-state index contributed by atoms with van der Waals surface area (Å²) < 4.78 is 1.53. The van der Waals surface area contributed by atoms with Crippen molar-refractivity contribution in [2.75, 3.05) is 24.8 Å². The monoisotopic (exact) mass is 256 g/mol. The molecule has 5 nitrogen and oxygen atoms in total. The first-order valence-electron chi connectivity index (χ1n) is 5.56. The van der Waals surface area contributed by atoms with Crippen LogP contribution in [0, 0.1) is 0 Å². The molecule has 0 saturated heterocycles.